The normalized spacial score (nSPS) is 13.0. The standard InChI is InChI=1S/C24H23NO6S.C17H17NO3.C7H7ClO3S/c1-29-19-9-6-10-20(14-19)32(27,28)25-12-11-18-13-23(22(30-2)15-21(18)24(25)26)31-16-17-7-4-3-5-8-17;1-20-15-10-14-13(7-8-18-17(14)19)9-16(15)21-11-12-5-3-2-4-6-12;1-11-6-3-2-4-7(5-6)12(8,9)10/h3-10,13-15H,11-12,16H2,1-2H3;2-6,9-10H,7-8,11H2,1H3,(H,18,19);2-5H,1H3. The van der Waals surface area contributed by atoms with Gasteiger partial charge in [0, 0.05) is 47.0 Å². The van der Waals surface area contributed by atoms with Crippen LogP contribution in [0.3, 0.4) is 0 Å². The number of carbonyl (C=O) groups is 2. The summed E-state index contributed by atoms with van der Waals surface area (Å²) < 4.78 is 81.3. The molecular weight excluding hydrogens is 896 g/mol. The zero-order chi connectivity index (χ0) is 46.6. The van der Waals surface area contributed by atoms with E-state index in [0.717, 1.165) is 33.0 Å². The topological polar surface area (TPSA) is 173 Å². The molecular formula is C48H47ClN2O12S2. The first kappa shape index (κ1) is 47.7. The molecule has 65 heavy (non-hydrogen) atoms. The number of hydrogen-bond acceptors (Lipinski definition) is 12. The lowest BCUT2D eigenvalue weighted by Crippen LogP contribution is -2.42. The molecule has 2 aliphatic rings. The lowest BCUT2D eigenvalue weighted by atomic mass is 9.99. The van der Waals surface area contributed by atoms with Crippen LogP contribution in [0.1, 0.15) is 43.0 Å². The highest BCUT2D eigenvalue weighted by atomic mass is 35.7. The van der Waals surface area contributed by atoms with Crippen molar-refractivity contribution in [2.75, 3.05) is 41.5 Å². The zero-order valence-corrected chi connectivity index (χ0v) is 38.4. The molecule has 2 amide bonds. The quantitative estimate of drug-likeness (QED) is 0.111. The fourth-order valence-electron chi connectivity index (χ4n) is 6.78. The third kappa shape index (κ3) is 12.1. The Balaban J connectivity index is 0.000000181. The van der Waals surface area contributed by atoms with Crippen molar-refractivity contribution in [2.24, 2.45) is 0 Å². The van der Waals surface area contributed by atoms with E-state index >= 15 is 0 Å². The van der Waals surface area contributed by atoms with Crippen molar-refractivity contribution in [1.82, 2.24) is 9.62 Å². The van der Waals surface area contributed by atoms with Crippen molar-refractivity contribution >= 4 is 41.6 Å². The van der Waals surface area contributed by atoms with Gasteiger partial charge in [0.15, 0.2) is 23.0 Å². The third-order valence-corrected chi connectivity index (χ3v) is 13.3. The SMILES string of the molecule is COc1cc2c(cc1OCc1ccccc1)CCNC2=O.COc1cccc(S(=O)(=O)Cl)c1.COc1cccc(S(=O)(=O)N2CCc3cc(OCc4ccccc4)c(OC)cc3C2=O)c1. The fourth-order valence-corrected chi connectivity index (χ4v) is 8.98. The maximum atomic E-state index is 13.2. The molecule has 2 heterocycles. The molecule has 0 unspecified atom stereocenters. The summed E-state index contributed by atoms with van der Waals surface area (Å²) in [4.78, 5) is 25.1. The predicted octanol–water partition coefficient (Wildman–Crippen LogP) is 7.85. The minimum atomic E-state index is -4.03. The summed E-state index contributed by atoms with van der Waals surface area (Å²) >= 11 is 0. The number of ether oxygens (including phenoxy) is 6. The molecule has 1 N–H and O–H groups in total. The number of sulfonamides is 1. The van der Waals surface area contributed by atoms with Gasteiger partial charge in [-0.05, 0) is 83.6 Å². The van der Waals surface area contributed by atoms with E-state index in [2.05, 4.69) is 5.32 Å². The van der Waals surface area contributed by atoms with Crippen molar-refractivity contribution in [3.8, 4) is 34.5 Å². The van der Waals surface area contributed by atoms with Crippen LogP contribution in [0, 0.1) is 0 Å². The Morgan fingerprint density at radius 2 is 1.05 bits per heavy atom. The second-order valence-corrected chi connectivity index (χ2v) is 18.7. The van der Waals surface area contributed by atoms with Gasteiger partial charge in [0.25, 0.3) is 30.9 Å². The highest BCUT2D eigenvalue weighted by Gasteiger charge is 2.35. The molecule has 0 atom stereocenters. The Morgan fingerprint density at radius 1 is 0.554 bits per heavy atom. The van der Waals surface area contributed by atoms with Crippen molar-refractivity contribution in [3.63, 3.8) is 0 Å². The van der Waals surface area contributed by atoms with Crippen LogP contribution in [0.25, 0.3) is 0 Å². The molecule has 0 aliphatic carbocycles. The number of nitrogens with zero attached hydrogens (tertiary/aromatic N) is 1. The summed E-state index contributed by atoms with van der Waals surface area (Å²) in [5.74, 6) is 2.36. The highest BCUT2D eigenvalue weighted by Crippen LogP contribution is 2.36. The Hall–Kier alpha value is -6.75. The Morgan fingerprint density at radius 3 is 1.55 bits per heavy atom. The smallest absolute Gasteiger partial charge is 0.268 e. The van der Waals surface area contributed by atoms with Gasteiger partial charge in [0.2, 0.25) is 0 Å². The summed E-state index contributed by atoms with van der Waals surface area (Å²) in [6.07, 6.45) is 1.18. The molecule has 0 bridgehead atoms. The van der Waals surface area contributed by atoms with Crippen molar-refractivity contribution in [1.29, 1.82) is 0 Å². The number of fused-ring (bicyclic) bond motifs is 2. The average Bonchev–Trinajstić information content (AvgIpc) is 3.33. The van der Waals surface area contributed by atoms with Gasteiger partial charge in [-0.25, -0.2) is 21.1 Å². The number of rotatable bonds is 13. The molecule has 0 spiro atoms. The van der Waals surface area contributed by atoms with Gasteiger partial charge in [-0.2, -0.15) is 0 Å². The minimum absolute atomic E-state index is 0.00318. The van der Waals surface area contributed by atoms with E-state index < -0.39 is 25.0 Å². The summed E-state index contributed by atoms with van der Waals surface area (Å²) in [7, 11) is 3.41. The van der Waals surface area contributed by atoms with Gasteiger partial charge < -0.3 is 33.7 Å². The predicted molar refractivity (Wildman–Crippen MR) is 245 cm³/mol. The Labute approximate surface area is 383 Å². The minimum Gasteiger partial charge on any atom is -0.497 e. The van der Waals surface area contributed by atoms with Crippen LogP contribution < -0.4 is 33.7 Å². The van der Waals surface area contributed by atoms with Crippen LogP contribution in [0.4, 0.5) is 0 Å². The van der Waals surface area contributed by atoms with E-state index in [4.69, 9.17) is 39.1 Å². The van der Waals surface area contributed by atoms with E-state index in [1.54, 1.807) is 49.6 Å². The Bertz CT molecular complexity index is 2850. The number of carbonyl (C=O) groups excluding carboxylic acids is 2. The largest absolute Gasteiger partial charge is 0.497 e. The van der Waals surface area contributed by atoms with E-state index in [1.165, 1.54) is 45.6 Å². The van der Waals surface area contributed by atoms with E-state index in [0.29, 0.717) is 66.2 Å². The number of halogens is 1. The molecule has 17 heteroatoms. The van der Waals surface area contributed by atoms with Crippen LogP contribution in [0.5, 0.6) is 34.5 Å². The molecule has 6 aromatic carbocycles. The fraction of sp³-hybridized carbons (Fsp3) is 0.208. The van der Waals surface area contributed by atoms with Crippen LogP contribution in [0.2, 0.25) is 0 Å². The molecule has 340 valence electrons. The summed E-state index contributed by atoms with van der Waals surface area (Å²) in [6, 6.07) is 38.7. The molecule has 2 aliphatic heterocycles. The van der Waals surface area contributed by atoms with E-state index in [-0.39, 0.29) is 27.8 Å². The molecule has 0 radical (unpaired) electrons. The second-order valence-electron chi connectivity index (χ2n) is 14.3. The lowest BCUT2D eigenvalue weighted by molar-refractivity contribution is 0.0848. The van der Waals surface area contributed by atoms with Crippen molar-refractivity contribution in [2.45, 2.75) is 35.8 Å². The van der Waals surface area contributed by atoms with Gasteiger partial charge in [-0.15, -0.1) is 0 Å². The maximum absolute atomic E-state index is 13.2. The van der Waals surface area contributed by atoms with Crippen molar-refractivity contribution in [3.05, 3.63) is 167 Å². The monoisotopic (exact) mass is 942 g/mol. The van der Waals surface area contributed by atoms with Gasteiger partial charge in [0.1, 0.15) is 24.7 Å². The molecule has 0 aromatic heterocycles. The van der Waals surface area contributed by atoms with E-state index in [1.807, 2.05) is 66.7 Å². The highest BCUT2D eigenvalue weighted by molar-refractivity contribution is 8.13. The summed E-state index contributed by atoms with van der Waals surface area (Å²) in [5, 5.41) is 2.83. The van der Waals surface area contributed by atoms with Crippen LogP contribution in [-0.4, -0.2) is 74.5 Å². The van der Waals surface area contributed by atoms with Gasteiger partial charge in [-0.1, -0.05) is 72.8 Å². The van der Waals surface area contributed by atoms with Gasteiger partial charge in [-0.3, -0.25) is 9.59 Å². The lowest BCUT2D eigenvalue weighted by Gasteiger charge is -2.28. The molecule has 6 aromatic rings. The number of benzene rings is 6. The Kier molecular flexibility index (Phi) is 16.0. The first-order valence-electron chi connectivity index (χ1n) is 20.1. The van der Waals surface area contributed by atoms with Crippen LogP contribution >= 0.6 is 10.7 Å². The number of amides is 2. The zero-order valence-electron chi connectivity index (χ0n) is 36.0. The summed E-state index contributed by atoms with van der Waals surface area (Å²) in [5.41, 5.74) is 4.77. The van der Waals surface area contributed by atoms with Crippen LogP contribution in [-0.2, 0) is 45.1 Å². The average molecular weight is 943 g/mol. The number of methoxy groups -OCH3 is 4. The van der Waals surface area contributed by atoms with Crippen molar-refractivity contribution < 1.29 is 54.8 Å². The molecule has 0 fully saturated rings. The first-order chi connectivity index (χ1) is 31.2. The second kappa shape index (κ2) is 21.8. The third-order valence-electron chi connectivity index (χ3n) is 10.2. The first-order valence-corrected chi connectivity index (χ1v) is 23.8. The number of nitrogens with one attached hydrogen (secondary N) is 1. The van der Waals surface area contributed by atoms with Crippen LogP contribution in [0.15, 0.2) is 143 Å². The molecule has 8 rings (SSSR count). The van der Waals surface area contributed by atoms with Gasteiger partial charge in [0.05, 0.1) is 38.2 Å². The molecule has 14 nitrogen and oxygen atoms in total. The molecule has 0 saturated carbocycles. The summed E-state index contributed by atoms with van der Waals surface area (Å²) in [6.45, 7) is 1.52. The maximum Gasteiger partial charge on any atom is 0.268 e. The molecule has 0 saturated heterocycles. The number of hydrogen-bond donors (Lipinski definition) is 1. The van der Waals surface area contributed by atoms with Gasteiger partial charge >= 0.3 is 0 Å². The van der Waals surface area contributed by atoms with E-state index in [9.17, 15) is 26.4 Å².